The van der Waals surface area contributed by atoms with Gasteiger partial charge in [-0.1, -0.05) is 0 Å². The van der Waals surface area contributed by atoms with Crippen LogP contribution in [0.4, 0.5) is 0 Å². The van der Waals surface area contributed by atoms with E-state index < -0.39 is 0 Å². The summed E-state index contributed by atoms with van der Waals surface area (Å²) in [5.74, 6) is 1.16. The Hall–Kier alpha value is -0.940. The van der Waals surface area contributed by atoms with Crippen molar-refractivity contribution in [3.63, 3.8) is 0 Å². The van der Waals surface area contributed by atoms with Crippen molar-refractivity contribution in [1.29, 1.82) is 0 Å². The summed E-state index contributed by atoms with van der Waals surface area (Å²) >= 11 is 0. The van der Waals surface area contributed by atoms with Gasteiger partial charge in [0.25, 0.3) is 0 Å². The van der Waals surface area contributed by atoms with Gasteiger partial charge in [0.05, 0.1) is 12.6 Å². The normalized spacial score (nSPS) is 15.4. The van der Waals surface area contributed by atoms with E-state index in [0.717, 1.165) is 0 Å². The third kappa shape index (κ3) is 3.85. The third-order valence-corrected chi connectivity index (χ3v) is 1.86. The molecule has 0 fully saturated rings. The fourth-order valence-electron chi connectivity index (χ4n) is 1.27. The van der Waals surface area contributed by atoms with Crippen molar-refractivity contribution in [2.45, 2.75) is 45.9 Å². The van der Waals surface area contributed by atoms with Gasteiger partial charge in [0.1, 0.15) is 0 Å². The molecule has 2 unspecified atom stereocenters. The van der Waals surface area contributed by atoms with Crippen LogP contribution in [0.15, 0.2) is 4.42 Å². The first-order valence-corrected chi connectivity index (χ1v) is 4.78. The number of aromatic nitrogens is 2. The maximum Gasteiger partial charge on any atom is 0.230 e. The lowest BCUT2D eigenvalue weighted by atomic mass is 10.1. The first kappa shape index (κ1) is 11.1. The zero-order valence-electron chi connectivity index (χ0n) is 8.82. The summed E-state index contributed by atoms with van der Waals surface area (Å²) in [5.41, 5.74) is 0. The van der Waals surface area contributed by atoms with Gasteiger partial charge in [0, 0.05) is 13.0 Å². The Balaban J connectivity index is 2.26. The Morgan fingerprint density at radius 2 is 2.14 bits per heavy atom. The quantitative estimate of drug-likeness (QED) is 0.727. The molecule has 1 heterocycles. The Morgan fingerprint density at radius 3 is 2.64 bits per heavy atom. The second-order valence-corrected chi connectivity index (χ2v) is 3.58. The van der Waals surface area contributed by atoms with Crippen molar-refractivity contribution in [3.8, 4) is 0 Å². The monoisotopic (exact) mass is 199 g/mol. The first-order chi connectivity index (χ1) is 6.58. The lowest BCUT2D eigenvalue weighted by Gasteiger charge is -2.13. The number of aliphatic hydroxyl groups is 1. The SMILES string of the molecule is Cc1nnc(CNC(C)CC(C)O)o1. The average molecular weight is 199 g/mol. The highest BCUT2D eigenvalue weighted by atomic mass is 16.4. The van der Waals surface area contributed by atoms with Crippen LogP contribution in [-0.4, -0.2) is 27.4 Å². The smallest absolute Gasteiger partial charge is 0.230 e. The number of hydrogen-bond acceptors (Lipinski definition) is 5. The standard InChI is InChI=1S/C9H17N3O2/c1-6(4-7(2)13)10-5-9-12-11-8(3)14-9/h6-7,10,13H,4-5H2,1-3H3. The minimum Gasteiger partial charge on any atom is -0.424 e. The van der Waals surface area contributed by atoms with Gasteiger partial charge in [-0.15, -0.1) is 10.2 Å². The lowest BCUT2D eigenvalue weighted by molar-refractivity contribution is 0.169. The molecule has 0 aromatic carbocycles. The molecule has 1 rings (SSSR count). The number of rotatable bonds is 5. The van der Waals surface area contributed by atoms with E-state index in [1.165, 1.54) is 0 Å². The zero-order chi connectivity index (χ0) is 10.6. The minimum atomic E-state index is -0.290. The highest BCUT2D eigenvalue weighted by Gasteiger charge is 2.07. The Bertz CT molecular complexity index is 273. The minimum absolute atomic E-state index is 0.238. The molecular weight excluding hydrogens is 182 g/mol. The molecule has 0 radical (unpaired) electrons. The summed E-state index contributed by atoms with van der Waals surface area (Å²) < 4.78 is 5.19. The number of nitrogens with one attached hydrogen (secondary N) is 1. The van der Waals surface area contributed by atoms with Crippen molar-refractivity contribution >= 4 is 0 Å². The predicted octanol–water partition coefficient (Wildman–Crippen LogP) is 0.627. The van der Waals surface area contributed by atoms with E-state index in [2.05, 4.69) is 15.5 Å². The van der Waals surface area contributed by atoms with Crippen LogP contribution >= 0.6 is 0 Å². The number of aryl methyl sites for hydroxylation is 1. The fraction of sp³-hybridized carbons (Fsp3) is 0.778. The van der Waals surface area contributed by atoms with Crippen molar-refractivity contribution in [2.75, 3.05) is 0 Å². The highest BCUT2D eigenvalue weighted by Crippen LogP contribution is 2.00. The second kappa shape index (κ2) is 5.07. The topological polar surface area (TPSA) is 71.2 Å². The molecule has 0 spiro atoms. The van der Waals surface area contributed by atoms with E-state index in [-0.39, 0.29) is 12.1 Å². The summed E-state index contributed by atoms with van der Waals surface area (Å²) in [6, 6.07) is 0.238. The van der Waals surface area contributed by atoms with Crippen LogP contribution in [0.5, 0.6) is 0 Å². The van der Waals surface area contributed by atoms with E-state index in [0.29, 0.717) is 24.7 Å². The summed E-state index contributed by atoms with van der Waals surface area (Å²) in [5, 5.41) is 19.9. The first-order valence-electron chi connectivity index (χ1n) is 4.78. The van der Waals surface area contributed by atoms with Gasteiger partial charge in [-0.3, -0.25) is 0 Å². The van der Waals surface area contributed by atoms with Gasteiger partial charge in [-0.2, -0.15) is 0 Å². The molecule has 1 aromatic heterocycles. The molecule has 14 heavy (non-hydrogen) atoms. The summed E-state index contributed by atoms with van der Waals surface area (Å²) in [4.78, 5) is 0. The van der Waals surface area contributed by atoms with Crippen LogP contribution in [0.2, 0.25) is 0 Å². The van der Waals surface area contributed by atoms with Gasteiger partial charge < -0.3 is 14.8 Å². The van der Waals surface area contributed by atoms with Crippen molar-refractivity contribution < 1.29 is 9.52 Å². The molecule has 0 aliphatic carbocycles. The van der Waals surface area contributed by atoms with Crippen LogP contribution in [0.3, 0.4) is 0 Å². The van der Waals surface area contributed by atoms with E-state index in [1.54, 1.807) is 13.8 Å². The average Bonchev–Trinajstić information content (AvgIpc) is 2.47. The maximum absolute atomic E-state index is 9.13. The highest BCUT2D eigenvalue weighted by molar-refractivity contribution is 4.79. The van der Waals surface area contributed by atoms with Gasteiger partial charge >= 0.3 is 0 Å². The summed E-state index contributed by atoms with van der Waals surface area (Å²) in [6.45, 7) is 6.09. The second-order valence-electron chi connectivity index (χ2n) is 3.58. The molecule has 5 heteroatoms. The predicted molar refractivity (Wildman–Crippen MR) is 51.6 cm³/mol. The molecule has 0 saturated carbocycles. The number of nitrogens with zero attached hydrogens (tertiary/aromatic N) is 2. The van der Waals surface area contributed by atoms with E-state index in [9.17, 15) is 0 Å². The van der Waals surface area contributed by atoms with E-state index >= 15 is 0 Å². The third-order valence-electron chi connectivity index (χ3n) is 1.86. The number of aliphatic hydroxyl groups excluding tert-OH is 1. The Labute approximate surface area is 83.5 Å². The molecule has 80 valence electrons. The largest absolute Gasteiger partial charge is 0.424 e. The summed E-state index contributed by atoms with van der Waals surface area (Å²) in [6.07, 6.45) is 0.426. The Morgan fingerprint density at radius 1 is 1.43 bits per heavy atom. The van der Waals surface area contributed by atoms with Crippen LogP contribution in [0.1, 0.15) is 32.0 Å². The van der Waals surface area contributed by atoms with Crippen molar-refractivity contribution in [2.24, 2.45) is 0 Å². The van der Waals surface area contributed by atoms with Crippen molar-refractivity contribution in [3.05, 3.63) is 11.8 Å². The van der Waals surface area contributed by atoms with Gasteiger partial charge in [0.15, 0.2) is 0 Å². The summed E-state index contributed by atoms with van der Waals surface area (Å²) in [7, 11) is 0. The molecule has 0 aliphatic heterocycles. The van der Waals surface area contributed by atoms with Gasteiger partial charge in [-0.25, -0.2) is 0 Å². The van der Waals surface area contributed by atoms with E-state index in [1.807, 2.05) is 6.92 Å². The molecule has 2 atom stereocenters. The Kier molecular flexibility index (Phi) is 4.03. The van der Waals surface area contributed by atoms with Crippen LogP contribution in [-0.2, 0) is 6.54 Å². The molecule has 2 N–H and O–H groups in total. The molecule has 0 amide bonds. The fourth-order valence-corrected chi connectivity index (χ4v) is 1.27. The van der Waals surface area contributed by atoms with Gasteiger partial charge in [-0.05, 0) is 20.3 Å². The lowest BCUT2D eigenvalue weighted by Crippen LogP contribution is -2.28. The van der Waals surface area contributed by atoms with Crippen molar-refractivity contribution in [1.82, 2.24) is 15.5 Å². The molecule has 1 aromatic rings. The molecule has 5 nitrogen and oxygen atoms in total. The zero-order valence-corrected chi connectivity index (χ0v) is 8.82. The molecule has 0 aliphatic rings. The molecule has 0 saturated heterocycles. The maximum atomic E-state index is 9.13. The molecule has 0 bridgehead atoms. The van der Waals surface area contributed by atoms with E-state index in [4.69, 9.17) is 9.52 Å². The van der Waals surface area contributed by atoms with Crippen LogP contribution < -0.4 is 5.32 Å². The van der Waals surface area contributed by atoms with Crippen LogP contribution in [0, 0.1) is 6.92 Å². The van der Waals surface area contributed by atoms with Crippen LogP contribution in [0.25, 0.3) is 0 Å². The number of hydrogen-bond donors (Lipinski definition) is 2. The van der Waals surface area contributed by atoms with Gasteiger partial charge in [0.2, 0.25) is 11.8 Å². The molecular formula is C9H17N3O2.